The lowest BCUT2D eigenvalue weighted by atomic mass is 9.78. The van der Waals surface area contributed by atoms with Crippen molar-refractivity contribution in [1.29, 1.82) is 0 Å². The molecule has 5 heteroatoms. The van der Waals surface area contributed by atoms with Crippen LogP contribution in [-0.2, 0) is 9.31 Å². The third kappa shape index (κ3) is 4.38. The molecule has 3 heterocycles. The van der Waals surface area contributed by atoms with Crippen LogP contribution < -0.4 is 5.46 Å². The fraction of sp³-hybridized carbons (Fsp3) is 0.211. The lowest BCUT2D eigenvalue weighted by Crippen LogP contribution is -2.41. The molecule has 0 spiro atoms. The second-order valence-electron chi connectivity index (χ2n) is 12.1. The summed E-state index contributed by atoms with van der Waals surface area (Å²) in [6.45, 7) is 12.4. The van der Waals surface area contributed by atoms with Gasteiger partial charge in [-0.1, -0.05) is 80.6 Å². The Balaban J connectivity index is 0.00000147. The molecule has 1 fully saturated rings. The molecule has 0 N–H and O–H groups in total. The zero-order chi connectivity index (χ0) is 29.9. The van der Waals surface area contributed by atoms with E-state index in [4.69, 9.17) is 13.7 Å². The van der Waals surface area contributed by atoms with Crippen LogP contribution in [0.5, 0.6) is 0 Å². The molecule has 214 valence electrons. The molecule has 1 aliphatic rings. The average molecular weight is 566 g/mol. The molecule has 0 aliphatic carbocycles. The minimum atomic E-state index is -0.390. The predicted octanol–water partition coefficient (Wildman–Crippen LogP) is 9.68. The molecule has 43 heavy (non-hydrogen) atoms. The van der Waals surface area contributed by atoms with Gasteiger partial charge in [0.15, 0.2) is 0 Å². The molecule has 0 radical (unpaired) electrons. The van der Waals surface area contributed by atoms with Gasteiger partial charge in [-0.3, -0.25) is 0 Å². The van der Waals surface area contributed by atoms with Crippen LogP contribution in [0.2, 0.25) is 0 Å². The van der Waals surface area contributed by atoms with Crippen LogP contribution in [0.4, 0.5) is 0 Å². The van der Waals surface area contributed by atoms with Gasteiger partial charge in [0.05, 0.1) is 22.2 Å². The van der Waals surface area contributed by atoms with Gasteiger partial charge >= 0.3 is 7.12 Å². The fourth-order valence-corrected chi connectivity index (χ4v) is 6.13. The van der Waals surface area contributed by atoms with Crippen molar-refractivity contribution in [3.63, 3.8) is 0 Å². The van der Waals surface area contributed by atoms with Crippen LogP contribution in [0.15, 0.2) is 114 Å². The topological polar surface area (TPSA) is 36.5 Å². The largest absolute Gasteiger partial charge is 0.494 e. The monoisotopic (exact) mass is 565 g/mol. The maximum atomic E-state index is 6.34. The van der Waals surface area contributed by atoms with Crippen molar-refractivity contribution >= 4 is 56.3 Å². The van der Waals surface area contributed by atoms with Crippen LogP contribution in [0.25, 0.3) is 60.6 Å². The van der Waals surface area contributed by atoms with E-state index in [2.05, 4.69) is 129 Å². The molecule has 0 amide bonds. The summed E-state index contributed by atoms with van der Waals surface area (Å²) in [6.07, 6.45) is 0. The van der Waals surface area contributed by atoms with E-state index in [0.717, 1.165) is 49.7 Å². The average Bonchev–Trinajstić information content (AvgIpc) is 3.63. The van der Waals surface area contributed by atoms with Crippen LogP contribution in [-0.4, -0.2) is 22.9 Å². The second-order valence-corrected chi connectivity index (χ2v) is 12.1. The molecule has 1 aliphatic heterocycles. The van der Waals surface area contributed by atoms with E-state index in [0.29, 0.717) is 0 Å². The highest BCUT2D eigenvalue weighted by atomic mass is 16.7. The highest BCUT2D eigenvalue weighted by molar-refractivity contribution is 6.62. The van der Waals surface area contributed by atoms with E-state index in [1.807, 2.05) is 26.0 Å². The molecule has 0 atom stereocenters. The Kier molecular flexibility index (Phi) is 6.49. The normalized spacial score (nSPS) is 15.8. The molecular formula is C38H36BNO3. The molecule has 2 aromatic heterocycles. The minimum Gasteiger partial charge on any atom is -0.456 e. The van der Waals surface area contributed by atoms with E-state index in [-0.39, 0.29) is 11.2 Å². The molecule has 5 aromatic carbocycles. The van der Waals surface area contributed by atoms with Crippen molar-refractivity contribution in [2.75, 3.05) is 0 Å². The molecule has 4 nitrogen and oxygen atoms in total. The Morgan fingerprint density at radius 3 is 1.98 bits per heavy atom. The highest BCUT2D eigenvalue weighted by Crippen LogP contribution is 2.38. The van der Waals surface area contributed by atoms with Gasteiger partial charge in [0.1, 0.15) is 11.2 Å². The summed E-state index contributed by atoms with van der Waals surface area (Å²) in [6, 6.07) is 38.6. The first-order chi connectivity index (χ1) is 20.8. The van der Waals surface area contributed by atoms with E-state index in [9.17, 15) is 0 Å². The quantitative estimate of drug-likeness (QED) is 0.200. The summed E-state index contributed by atoms with van der Waals surface area (Å²) >= 11 is 0. The molecule has 0 bridgehead atoms. The van der Waals surface area contributed by atoms with Gasteiger partial charge in [-0.05, 0) is 80.7 Å². The van der Waals surface area contributed by atoms with Gasteiger partial charge in [0.2, 0.25) is 0 Å². The second kappa shape index (κ2) is 10.2. The lowest BCUT2D eigenvalue weighted by molar-refractivity contribution is 0.00578. The number of furan rings is 1. The summed E-state index contributed by atoms with van der Waals surface area (Å²) in [5, 5.41) is 4.71. The van der Waals surface area contributed by atoms with Crippen LogP contribution in [0.1, 0.15) is 41.5 Å². The fourth-order valence-electron chi connectivity index (χ4n) is 6.13. The Labute approximate surface area is 253 Å². The third-order valence-corrected chi connectivity index (χ3v) is 9.04. The van der Waals surface area contributed by atoms with Crippen molar-refractivity contribution in [2.24, 2.45) is 0 Å². The van der Waals surface area contributed by atoms with Gasteiger partial charge in [-0.25, -0.2) is 0 Å². The summed E-state index contributed by atoms with van der Waals surface area (Å²) in [5.74, 6) is 0. The van der Waals surface area contributed by atoms with Gasteiger partial charge < -0.3 is 18.3 Å². The smallest absolute Gasteiger partial charge is 0.456 e. The summed E-state index contributed by atoms with van der Waals surface area (Å²) in [5.41, 5.74) is 7.79. The van der Waals surface area contributed by atoms with E-state index in [1.54, 1.807) is 0 Å². The number of nitrogens with zero attached hydrogens (tertiary/aromatic N) is 1. The van der Waals surface area contributed by atoms with E-state index >= 15 is 0 Å². The SMILES string of the molecule is CC.CC1(C)OB(c2cccc(-c3ccc4c(c3)c3ccccc3n4-c3ccc4c(c3)oc3ccccc34)c2)OC1(C)C. The molecule has 0 unspecified atom stereocenters. The molecule has 7 aromatic rings. The Morgan fingerprint density at radius 2 is 1.19 bits per heavy atom. The number of rotatable bonds is 3. The first-order valence-electron chi connectivity index (χ1n) is 15.2. The summed E-state index contributed by atoms with van der Waals surface area (Å²) in [4.78, 5) is 0. The maximum Gasteiger partial charge on any atom is 0.494 e. The standard InChI is InChI=1S/C36H30BNO3.C2H6/c1-35(2)36(3,4)41-37(40-35)25-11-9-10-23(20-25)24-16-19-32-30(21-24)27-12-5-7-14-31(27)38(32)26-17-18-29-28-13-6-8-15-33(28)39-34(29)22-26;1-2/h5-22H,1-4H3;1-2H3. The van der Waals surface area contributed by atoms with Crippen molar-refractivity contribution in [1.82, 2.24) is 4.57 Å². The van der Waals surface area contributed by atoms with E-state index < -0.39 is 7.12 Å². The van der Waals surface area contributed by atoms with Crippen LogP contribution in [0.3, 0.4) is 0 Å². The summed E-state index contributed by atoms with van der Waals surface area (Å²) < 4.78 is 21.2. The zero-order valence-electron chi connectivity index (χ0n) is 25.6. The van der Waals surface area contributed by atoms with Gasteiger partial charge in [0.25, 0.3) is 0 Å². The summed E-state index contributed by atoms with van der Waals surface area (Å²) in [7, 11) is -0.390. The van der Waals surface area contributed by atoms with E-state index in [1.165, 1.54) is 16.3 Å². The van der Waals surface area contributed by atoms with Crippen molar-refractivity contribution in [3.8, 4) is 16.8 Å². The molecule has 8 rings (SSSR count). The van der Waals surface area contributed by atoms with Crippen molar-refractivity contribution < 1.29 is 13.7 Å². The van der Waals surface area contributed by atoms with Gasteiger partial charge in [0, 0.05) is 33.3 Å². The first kappa shape index (κ1) is 27.5. The predicted molar refractivity (Wildman–Crippen MR) is 181 cm³/mol. The molecule has 1 saturated heterocycles. The highest BCUT2D eigenvalue weighted by Gasteiger charge is 2.51. The number of aromatic nitrogens is 1. The third-order valence-electron chi connectivity index (χ3n) is 9.04. The Morgan fingerprint density at radius 1 is 0.535 bits per heavy atom. The first-order valence-corrected chi connectivity index (χ1v) is 15.2. The zero-order valence-corrected chi connectivity index (χ0v) is 25.6. The molecular weight excluding hydrogens is 529 g/mol. The minimum absolute atomic E-state index is 0.375. The molecule has 0 saturated carbocycles. The Hall–Kier alpha value is -4.32. The van der Waals surface area contributed by atoms with Crippen LogP contribution in [0, 0.1) is 0 Å². The Bertz CT molecular complexity index is 2120. The number of hydrogen-bond donors (Lipinski definition) is 0. The number of benzene rings is 5. The number of fused-ring (bicyclic) bond motifs is 6. The van der Waals surface area contributed by atoms with Crippen molar-refractivity contribution in [2.45, 2.75) is 52.7 Å². The lowest BCUT2D eigenvalue weighted by Gasteiger charge is -2.32. The van der Waals surface area contributed by atoms with Gasteiger partial charge in [-0.2, -0.15) is 0 Å². The number of hydrogen-bond acceptors (Lipinski definition) is 3. The van der Waals surface area contributed by atoms with Gasteiger partial charge in [-0.15, -0.1) is 0 Å². The van der Waals surface area contributed by atoms with Crippen LogP contribution >= 0.6 is 0 Å². The maximum absolute atomic E-state index is 6.34. The number of para-hydroxylation sites is 2. The van der Waals surface area contributed by atoms with Crippen molar-refractivity contribution in [3.05, 3.63) is 109 Å².